The number of para-hydroxylation sites is 1. The molecule has 0 aliphatic heterocycles. The third-order valence-electron chi connectivity index (χ3n) is 5.20. The third-order valence-corrected chi connectivity index (χ3v) is 5.20. The summed E-state index contributed by atoms with van der Waals surface area (Å²) >= 11 is 0. The van der Waals surface area contributed by atoms with Crippen molar-refractivity contribution in [1.82, 2.24) is 14.8 Å². The number of primary amides is 2. The maximum Gasteiger partial charge on any atom is 0.267 e. The predicted octanol–water partition coefficient (Wildman–Crippen LogP) is 2.52. The minimum absolute atomic E-state index is 0.0485. The van der Waals surface area contributed by atoms with Crippen LogP contribution in [0.4, 0.5) is 0 Å². The van der Waals surface area contributed by atoms with E-state index in [0.717, 1.165) is 5.56 Å². The first-order valence-electron chi connectivity index (χ1n) is 9.45. The minimum atomic E-state index is -0.773. The van der Waals surface area contributed by atoms with Crippen LogP contribution in [0.15, 0.2) is 54.7 Å². The summed E-state index contributed by atoms with van der Waals surface area (Å²) in [6.07, 6.45) is 1.55. The van der Waals surface area contributed by atoms with E-state index in [1.165, 1.54) is 0 Å². The summed E-state index contributed by atoms with van der Waals surface area (Å²) < 4.78 is 1.69. The number of amides is 2. The largest absolute Gasteiger partial charge is 0.366 e. The highest BCUT2D eigenvalue weighted by Gasteiger charge is 2.25. The Labute approximate surface area is 177 Å². The van der Waals surface area contributed by atoms with Crippen molar-refractivity contribution in [3.8, 4) is 17.2 Å². The van der Waals surface area contributed by atoms with Crippen molar-refractivity contribution in [2.45, 2.75) is 13.5 Å². The number of nitrogens with zero attached hydrogens (tertiary/aromatic N) is 4. The van der Waals surface area contributed by atoms with E-state index in [4.69, 9.17) is 11.5 Å². The van der Waals surface area contributed by atoms with Crippen molar-refractivity contribution in [2.75, 3.05) is 0 Å². The Morgan fingerprint density at radius 3 is 2.48 bits per heavy atom. The number of fused-ring (bicyclic) bond motifs is 1. The number of pyridine rings is 1. The molecule has 0 unspecified atom stereocenters. The van der Waals surface area contributed by atoms with E-state index in [0.29, 0.717) is 34.3 Å². The summed E-state index contributed by atoms with van der Waals surface area (Å²) in [7, 11) is 0. The Balaban J connectivity index is 1.95. The van der Waals surface area contributed by atoms with Gasteiger partial charge in [-0.2, -0.15) is 10.4 Å². The molecule has 4 aromatic rings. The molecule has 0 fully saturated rings. The van der Waals surface area contributed by atoms with Crippen molar-refractivity contribution in [3.05, 3.63) is 82.8 Å². The van der Waals surface area contributed by atoms with Crippen molar-refractivity contribution in [1.29, 1.82) is 5.26 Å². The molecular formula is C23H18N6O2. The van der Waals surface area contributed by atoms with Gasteiger partial charge >= 0.3 is 0 Å². The first kappa shape index (κ1) is 19.8. The SMILES string of the molecule is Cc1c(-c2c(C(N)=O)nc3ccccc3c2C(N)=O)cnn1Cc1ccccc1C#N. The number of carbonyl (C=O) groups is 2. The van der Waals surface area contributed by atoms with E-state index in [1.807, 2.05) is 19.1 Å². The second-order valence-corrected chi connectivity index (χ2v) is 7.03. The van der Waals surface area contributed by atoms with Crippen LogP contribution < -0.4 is 11.5 Å². The number of benzene rings is 2. The molecule has 2 heterocycles. The molecule has 0 spiro atoms. The minimum Gasteiger partial charge on any atom is -0.366 e. The van der Waals surface area contributed by atoms with Crippen LogP contribution in [0.2, 0.25) is 0 Å². The molecule has 4 N–H and O–H groups in total. The van der Waals surface area contributed by atoms with Crippen molar-refractivity contribution in [2.24, 2.45) is 11.5 Å². The van der Waals surface area contributed by atoms with Gasteiger partial charge in [0.05, 0.1) is 35.5 Å². The van der Waals surface area contributed by atoms with Gasteiger partial charge in [-0.1, -0.05) is 36.4 Å². The van der Waals surface area contributed by atoms with E-state index in [2.05, 4.69) is 16.2 Å². The molecule has 0 saturated heterocycles. The summed E-state index contributed by atoms with van der Waals surface area (Å²) in [4.78, 5) is 29.1. The van der Waals surface area contributed by atoms with Crippen molar-refractivity contribution < 1.29 is 9.59 Å². The molecule has 2 aromatic carbocycles. The lowest BCUT2D eigenvalue weighted by molar-refractivity contribution is 0.0996. The fourth-order valence-electron chi connectivity index (χ4n) is 3.69. The molecule has 8 nitrogen and oxygen atoms in total. The van der Waals surface area contributed by atoms with Gasteiger partial charge in [0.25, 0.3) is 5.91 Å². The lowest BCUT2D eigenvalue weighted by atomic mass is 9.94. The zero-order valence-electron chi connectivity index (χ0n) is 16.7. The fraction of sp³-hybridized carbons (Fsp3) is 0.0870. The van der Waals surface area contributed by atoms with Gasteiger partial charge in [-0.25, -0.2) is 4.98 Å². The molecule has 0 atom stereocenters. The molecule has 0 bridgehead atoms. The Bertz CT molecular complexity index is 1400. The smallest absolute Gasteiger partial charge is 0.267 e. The normalized spacial score (nSPS) is 10.7. The summed E-state index contributed by atoms with van der Waals surface area (Å²) in [5.74, 6) is -1.47. The lowest BCUT2D eigenvalue weighted by Gasteiger charge is -2.14. The Kier molecular flexibility index (Phi) is 4.93. The van der Waals surface area contributed by atoms with Crippen LogP contribution in [-0.4, -0.2) is 26.6 Å². The van der Waals surface area contributed by atoms with E-state index in [9.17, 15) is 14.9 Å². The molecule has 2 amide bonds. The summed E-state index contributed by atoms with van der Waals surface area (Å²) in [5, 5.41) is 14.3. The van der Waals surface area contributed by atoms with Crippen LogP contribution in [0.5, 0.6) is 0 Å². The number of nitriles is 1. The van der Waals surface area contributed by atoms with Gasteiger partial charge < -0.3 is 11.5 Å². The van der Waals surface area contributed by atoms with Gasteiger partial charge in [-0.3, -0.25) is 14.3 Å². The molecule has 0 saturated carbocycles. The van der Waals surface area contributed by atoms with E-state index < -0.39 is 11.8 Å². The van der Waals surface area contributed by atoms with Gasteiger partial charge in [-0.15, -0.1) is 0 Å². The van der Waals surface area contributed by atoms with E-state index >= 15 is 0 Å². The van der Waals surface area contributed by atoms with Crippen molar-refractivity contribution in [3.63, 3.8) is 0 Å². The number of hydrogen-bond donors (Lipinski definition) is 2. The highest BCUT2D eigenvalue weighted by Crippen LogP contribution is 2.34. The van der Waals surface area contributed by atoms with E-state index in [-0.39, 0.29) is 16.8 Å². The number of rotatable bonds is 5. The molecular weight excluding hydrogens is 392 g/mol. The van der Waals surface area contributed by atoms with Crippen molar-refractivity contribution >= 4 is 22.7 Å². The Morgan fingerprint density at radius 2 is 1.77 bits per heavy atom. The highest BCUT2D eigenvalue weighted by molar-refractivity contribution is 6.15. The summed E-state index contributed by atoms with van der Waals surface area (Å²) in [5.41, 5.74) is 14.7. The summed E-state index contributed by atoms with van der Waals surface area (Å²) in [6.45, 7) is 2.15. The Morgan fingerprint density at radius 1 is 1.06 bits per heavy atom. The van der Waals surface area contributed by atoms with Gasteiger partial charge in [-0.05, 0) is 24.6 Å². The fourth-order valence-corrected chi connectivity index (χ4v) is 3.69. The molecule has 0 radical (unpaired) electrons. The number of carbonyl (C=O) groups excluding carboxylic acids is 2. The molecule has 152 valence electrons. The first-order valence-corrected chi connectivity index (χ1v) is 9.45. The van der Waals surface area contributed by atoms with Crippen LogP contribution >= 0.6 is 0 Å². The summed E-state index contributed by atoms with van der Waals surface area (Å²) in [6, 6.07) is 16.3. The second-order valence-electron chi connectivity index (χ2n) is 7.03. The standard InChI is InChI=1S/C23H18N6O2/c1-13-17(11-27-29(13)12-15-7-3-2-6-14(15)10-24)19-20(22(25)30)16-8-4-5-9-18(16)28-21(19)23(26)31/h2-9,11H,12H2,1H3,(H2,25,30)(H2,26,31). The average molecular weight is 410 g/mol. The topological polar surface area (TPSA) is 141 Å². The predicted molar refractivity (Wildman–Crippen MR) is 115 cm³/mol. The van der Waals surface area contributed by atoms with Gasteiger partial charge in [0, 0.05) is 22.2 Å². The number of aromatic nitrogens is 3. The van der Waals surface area contributed by atoms with Crippen LogP contribution in [0, 0.1) is 18.3 Å². The van der Waals surface area contributed by atoms with Crippen LogP contribution in [0.25, 0.3) is 22.0 Å². The maximum absolute atomic E-state index is 12.5. The second kappa shape index (κ2) is 7.72. The molecule has 31 heavy (non-hydrogen) atoms. The lowest BCUT2D eigenvalue weighted by Crippen LogP contribution is -2.20. The maximum atomic E-state index is 12.5. The molecule has 2 aromatic heterocycles. The average Bonchev–Trinajstić information content (AvgIpc) is 3.12. The zero-order valence-corrected chi connectivity index (χ0v) is 16.7. The monoisotopic (exact) mass is 410 g/mol. The Hall–Kier alpha value is -4.51. The molecule has 0 aliphatic rings. The van der Waals surface area contributed by atoms with Gasteiger partial charge in [0.1, 0.15) is 5.69 Å². The molecule has 0 aliphatic carbocycles. The highest BCUT2D eigenvalue weighted by atomic mass is 16.1. The van der Waals surface area contributed by atoms with Crippen LogP contribution in [0.1, 0.15) is 37.7 Å². The van der Waals surface area contributed by atoms with Crippen LogP contribution in [0.3, 0.4) is 0 Å². The van der Waals surface area contributed by atoms with E-state index in [1.54, 1.807) is 47.3 Å². The molecule has 4 rings (SSSR count). The molecule has 8 heteroatoms. The van der Waals surface area contributed by atoms with Gasteiger partial charge in [0.2, 0.25) is 5.91 Å². The number of nitrogens with two attached hydrogens (primary N) is 2. The third kappa shape index (κ3) is 3.38. The van der Waals surface area contributed by atoms with Gasteiger partial charge in [0.15, 0.2) is 0 Å². The quantitative estimate of drug-likeness (QED) is 0.520. The number of hydrogen-bond acceptors (Lipinski definition) is 5. The van der Waals surface area contributed by atoms with Crippen LogP contribution in [-0.2, 0) is 6.54 Å². The first-order chi connectivity index (χ1) is 14.9. The zero-order chi connectivity index (χ0) is 22.1.